The van der Waals surface area contributed by atoms with Crippen LogP contribution in [0.5, 0.6) is 5.75 Å². The molecule has 1 aromatic carbocycles. The third kappa shape index (κ3) is 4.94. The molecule has 0 fully saturated rings. The van der Waals surface area contributed by atoms with Gasteiger partial charge in [0.15, 0.2) is 6.61 Å². The number of hydrogen-bond acceptors (Lipinski definition) is 7. The van der Waals surface area contributed by atoms with Crippen LogP contribution < -0.4 is 9.64 Å². The third-order valence-electron chi connectivity index (χ3n) is 4.68. The van der Waals surface area contributed by atoms with Gasteiger partial charge in [0, 0.05) is 24.5 Å². The highest BCUT2D eigenvalue weighted by molar-refractivity contribution is 7.09. The number of esters is 1. The van der Waals surface area contributed by atoms with Crippen molar-refractivity contribution in [3.63, 3.8) is 0 Å². The zero-order chi connectivity index (χ0) is 20.8. The van der Waals surface area contributed by atoms with E-state index in [-0.39, 0.29) is 12.5 Å². The van der Waals surface area contributed by atoms with Crippen LogP contribution in [0, 0.1) is 0 Å². The van der Waals surface area contributed by atoms with Gasteiger partial charge in [0.2, 0.25) is 0 Å². The Morgan fingerprint density at radius 3 is 2.97 bits per heavy atom. The monoisotopic (exact) mass is 418 g/mol. The summed E-state index contributed by atoms with van der Waals surface area (Å²) < 4.78 is 16.0. The van der Waals surface area contributed by atoms with E-state index in [2.05, 4.69) is 4.98 Å². The van der Waals surface area contributed by atoms with Crippen LogP contribution in [-0.2, 0) is 25.5 Å². The number of aromatic nitrogens is 1. The fourth-order valence-electron chi connectivity index (χ4n) is 3.05. The van der Waals surface area contributed by atoms with E-state index < -0.39 is 12.0 Å². The quantitative estimate of drug-likeness (QED) is 0.458. The molecule has 0 spiro atoms. The van der Waals surface area contributed by atoms with Crippen molar-refractivity contribution in [2.75, 3.05) is 31.8 Å². The van der Waals surface area contributed by atoms with Crippen molar-refractivity contribution < 1.29 is 23.8 Å². The van der Waals surface area contributed by atoms with Gasteiger partial charge in [0.1, 0.15) is 11.8 Å². The number of methoxy groups -OCH3 is 1. The van der Waals surface area contributed by atoms with Gasteiger partial charge in [-0.3, -0.25) is 9.69 Å². The summed E-state index contributed by atoms with van der Waals surface area (Å²) in [6.45, 7) is 4.58. The van der Waals surface area contributed by atoms with Gasteiger partial charge in [0.05, 0.1) is 29.6 Å². The Kier molecular flexibility index (Phi) is 7.22. The lowest BCUT2D eigenvalue weighted by Crippen LogP contribution is -2.48. The van der Waals surface area contributed by atoms with E-state index in [4.69, 9.17) is 14.2 Å². The molecule has 1 atom stereocenters. The van der Waals surface area contributed by atoms with Crippen LogP contribution in [0.1, 0.15) is 31.7 Å². The first-order chi connectivity index (χ1) is 14.0. The number of carbonyl (C=O) groups is 2. The van der Waals surface area contributed by atoms with E-state index in [1.165, 1.54) is 4.90 Å². The lowest BCUT2D eigenvalue weighted by atomic mass is 10.1. The molecular weight excluding hydrogens is 392 g/mol. The molecule has 8 heteroatoms. The molecule has 1 aromatic heterocycles. The van der Waals surface area contributed by atoms with Crippen LogP contribution >= 0.6 is 11.3 Å². The van der Waals surface area contributed by atoms with Crippen molar-refractivity contribution >= 4 is 28.9 Å². The molecule has 0 N–H and O–H groups in total. The minimum atomic E-state index is -0.732. The number of amides is 1. The maximum absolute atomic E-state index is 12.6. The lowest BCUT2D eigenvalue weighted by molar-refractivity contribution is -0.146. The van der Waals surface area contributed by atoms with Crippen LogP contribution in [-0.4, -0.2) is 49.8 Å². The van der Waals surface area contributed by atoms with Gasteiger partial charge < -0.3 is 14.2 Å². The Morgan fingerprint density at radius 1 is 1.38 bits per heavy atom. The van der Waals surface area contributed by atoms with E-state index in [1.807, 2.05) is 30.5 Å². The molecule has 0 saturated heterocycles. The summed E-state index contributed by atoms with van der Waals surface area (Å²) in [4.78, 5) is 31.1. The van der Waals surface area contributed by atoms with Crippen molar-refractivity contribution in [2.45, 2.75) is 39.2 Å². The number of thiazole rings is 1. The zero-order valence-corrected chi connectivity index (χ0v) is 17.8. The van der Waals surface area contributed by atoms with Crippen molar-refractivity contribution in [1.82, 2.24) is 4.98 Å². The number of fused-ring (bicyclic) bond motifs is 1. The van der Waals surface area contributed by atoms with Gasteiger partial charge in [-0.05, 0) is 31.5 Å². The van der Waals surface area contributed by atoms with Crippen molar-refractivity contribution in [3.8, 4) is 17.0 Å². The topological polar surface area (TPSA) is 78.0 Å². The number of benzene rings is 1. The number of ether oxygens (including phenoxy) is 3. The highest BCUT2D eigenvalue weighted by Gasteiger charge is 2.34. The van der Waals surface area contributed by atoms with Crippen molar-refractivity contribution in [3.05, 3.63) is 28.6 Å². The zero-order valence-electron chi connectivity index (χ0n) is 17.0. The average molecular weight is 419 g/mol. The number of nitrogens with zero attached hydrogens (tertiary/aromatic N) is 2. The Hall–Kier alpha value is -2.45. The first-order valence-corrected chi connectivity index (χ1v) is 10.6. The Labute approximate surface area is 174 Å². The molecule has 2 heterocycles. The van der Waals surface area contributed by atoms with Crippen LogP contribution in [0.4, 0.5) is 5.69 Å². The number of carbonyl (C=O) groups excluding carboxylic acids is 2. The smallest absolute Gasteiger partial charge is 0.328 e. The largest absolute Gasteiger partial charge is 0.482 e. The highest BCUT2D eigenvalue weighted by atomic mass is 32.1. The van der Waals surface area contributed by atoms with E-state index in [1.54, 1.807) is 25.4 Å². The molecule has 7 nitrogen and oxygen atoms in total. The number of unbranched alkanes of at least 4 members (excludes halogenated alkanes) is 1. The number of anilines is 1. The summed E-state index contributed by atoms with van der Waals surface area (Å²) in [6.07, 6.45) is 2.48. The molecule has 0 bridgehead atoms. The fourth-order valence-corrected chi connectivity index (χ4v) is 3.83. The predicted molar refractivity (Wildman–Crippen MR) is 111 cm³/mol. The van der Waals surface area contributed by atoms with Gasteiger partial charge in [-0.25, -0.2) is 9.78 Å². The number of hydrogen-bond donors (Lipinski definition) is 0. The van der Waals surface area contributed by atoms with Crippen LogP contribution in [0.15, 0.2) is 23.6 Å². The minimum absolute atomic E-state index is 0.100. The number of rotatable bonds is 9. The van der Waals surface area contributed by atoms with Crippen LogP contribution in [0.3, 0.4) is 0 Å². The molecule has 0 aliphatic carbocycles. The molecule has 1 amide bonds. The second-order valence-electron chi connectivity index (χ2n) is 6.80. The fraction of sp³-hybridized carbons (Fsp3) is 0.476. The standard InChI is InChI=1S/C21H26N2O5S/c1-4-5-9-27-21(25)14(2)23-17-11-15(6-7-18(17)28-12-20(23)24)16-13-29-19(22-16)8-10-26-3/h6-7,11,13-14H,4-5,8-10,12H2,1-3H3. The molecule has 0 saturated carbocycles. The van der Waals surface area contributed by atoms with Gasteiger partial charge in [0.25, 0.3) is 5.91 Å². The molecule has 1 aliphatic rings. The van der Waals surface area contributed by atoms with Crippen molar-refractivity contribution in [2.24, 2.45) is 0 Å². The second kappa shape index (κ2) is 9.84. The summed E-state index contributed by atoms with van der Waals surface area (Å²) in [7, 11) is 1.66. The first kappa shape index (κ1) is 21.3. The highest BCUT2D eigenvalue weighted by Crippen LogP contribution is 2.37. The second-order valence-corrected chi connectivity index (χ2v) is 7.74. The molecule has 1 aliphatic heterocycles. The minimum Gasteiger partial charge on any atom is -0.482 e. The molecule has 29 heavy (non-hydrogen) atoms. The van der Waals surface area contributed by atoms with Gasteiger partial charge in [-0.1, -0.05) is 13.3 Å². The van der Waals surface area contributed by atoms with E-state index >= 15 is 0 Å². The van der Waals surface area contributed by atoms with Crippen LogP contribution in [0.2, 0.25) is 0 Å². The maximum Gasteiger partial charge on any atom is 0.328 e. The van der Waals surface area contributed by atoms with Crippen molar-refractivity contribution in [1.29, 1.82) is 0 Å². The molecular formula is C21H26N2O5S. The first-order valence-electron chi connectivity index (χ1n) is 9.74. The summed E-state index contributed by atoms with van der Waals surface area (Å²) in [5, 5.41) is 2.96. The Balaban J connectivity index is 1.85. The van der Waals surface area contributed by atoms with Gasteiger partial charge in [-0.15, -0.1) is 11.3 Å². The summed E-state index contributed by atoms with van der Waals surface area (Å²) in [5.41, 5.74) is 2.24. The average Bonchev–Trinajstić information content (AvgIpc) is 3.20. The third-order valence-corrected chi connectivity index (χ3v) is 5.59. The molecule has 156 valence electrons. The summed E-state index contributed by atoms with van der Waals surface area (Å²) >= 11 is 1.57. The predicted octanol–water partition coefficient (Wildman–Crippen LogP) is 3.46. The Morgan fingerprint density at radius 2 is 2.21 bits per heavy atom. The normalized spacial score (nSPS) is 14.3. The van der Waals surface area contributed by atoms with E-state index in [0.29, 0.717) is 24.7 Å². The van der Waals surface area contributed by atoms with Crippen LogP contribution in [0.25, 0.3) is 11.3 Å². The summed E-state index contributed by atoms with van der Waals surface area (Å²) in [5.74, 6) is -0.120. The molecule has 1 unspecified atom stereocenters. The summed E-state index contributed by atoms with van der Waals surface area (Å²) in [6, 6.07) is 4.83. The molecule has 0 radical (unpaired) electrons. The lowest BCUT2D eigenvalue weighted by Gasteiger charge is -2.33. The van der Waals surface area contributed by atoms with Gasteiger partial charge in [-0.2, -0.15) is 0 Å². The molecule has 2 aromatic rings. The maximum atomic E-state index is 12.6. The van der Waals surface area contributed by atoms with Gasteiger partial charge >= 0.3 is 5.97 Å². The molecule has 3 rings (SSSR count). The van der Waals surface area contributed by atoms with E-state index in [9.17, 15) is 9.59 Å². The Bertz CT molecular complexity index is 867. The SMILES string of the molecule is CCCCOC(=O)C(C)N1C(=O)COc2ccc(-c3csc(CCOC)n3)cc21. The van der Waals surface area contributed by atoms with E-state index in [0.717, 1.165) is 35.5 Å².